The highest BCUT2D eigenvalue weighted by molar-refractivity contribution is 6.06. The van der Waals surface area contributed by atoms with Gasteiger partial charge in [0.2, 0.25) is 0 Å². The van der Waals surface area contributed by atoms with Crippen molar-refractivity contribution in [3.05, 3.63) is 107 Å². The molecule has 0 spiro atoms. The highest BCUT2D eigenvalue weighted by Crippen LogP contribution is 2.22. The Morgan fingerprint density at radius 2 is 1.38 bits per heavy atom. The van der Waals surface area contributed by atoms with Crippen LogP contribution >= 0.6 is 0 Å². The Hall–Kier alpha value is -3.33. The second-order valence-corrected chi connectivity index (χ2v) is 7.42. The molecule has 3 aromatic carbocycles. The summed E-state index contributed by atoms with van der Waals surface area (Å²) >= 11 is 0. The maximum absolute atomic E-state index is 12.5. The smallest absolute Gasteiger partial charge is 0.184 e. The first-order chi connectivity index (χ1) is 14.2. The maximum atomic E-state index is 12.5. The van der Waals surface area contributed by atoms with Crippen molar-refractivity contribution in [2.75, 3.05) is 6.54 Å². The molecule has 3 aromatic rings. The van der Waals surface area contributed by atoms with Gasteiger partial charge in [-0.05, 0) is 35.1 Å². The quantitative estimate of drug-likeness (QED) is 0.559. The second kappa shape index (κ2) is 8.78. The van der Waals surface area contributed by atoms with Crippen LogP contribution in [0.15, 0.2) is 83.9 Å². The van der Waals surface area contributed by atoms with Gasteiger partial charge in [0.05, 0.1) is 0 Å². The predicted octanol–water partition coefficient (Wildman–Crippen LogP) is 4.66. The van der Waals surface area contributed by atoms with E-state index in [0.717, 1.165) is 29.7 Å². The Bertz CT molecular complexity index is 1050. The molecule has 3 heteroatoms. The molecule has 0 heterocycles. The average molecular weight is 381 g/mol. The molecule has 3 nitrogen and oxygen atoms in total. The topological polar surface area (TPSA) is 46.5 Å². The van der Waals surface area contributed by atoms with Gasteiger partial charge in [-0.3, -0.25) is 14.6 Å². The molecule has 0 aliphatic heterocycles. The van der Waals surface area contributed by atoms with Crippen molar-refractivity contribution >= 4 is 17.3 Å². The Kier molecular flexibility index (Phi) is 5.76. The lowest BCUT2D eigenvalue weighted by molar-refractivity contribution is -0.117. The number of hydrogen-bond donors (Lipinski definition) is 0. The second-order valence-electron chi connectivity index (χ2n) is 7.42. The molecular formula is C26H23NO2. The van der Waals surface area contributed by atoms with Crippen LogP contribution in [0.5, 0.6) is 0 Å². The lowest BCUT2D eigenvalue weighted by Crippen LogP contribution is -2.08. The fraction of sp³-hybridized carbons (Fsp3) is 0.192. The fourth-order valence-corrected chi connectivity index (χ4v) is 3.75. The van der Waals surface area contributed by atoms with E-state index in [1.807, 2.05) is 54.6 Å². The maximum Gasteiger partial charge on any atom is 0.184 e. The van der Waals surface area contributed by atoms with Crippen LogP contribution in [0.25, 0.3) is 0 Å². The number of aliphatic imine (C=N–C) groups is 1. The third kappa shape index (κ3) is 4.75. The summed E-state index contributed by atoms with van der Waals surface area (Å²) in [6, 6.07) is 25.3. The van der Waals surface area contributed by atoms with E-state index in [1.165, 1.54) is 11.1 Å². The summed E-state index contributed by atoms with van der Waals surface area (Å²) in [4.78, 5) is 29.4. The highest BCUT2D eigenvalue weighted by atomic mass is 16.1. The van der Waals surface area contributed by atoms with E-state index in [1.54, 1.807) is 12.1 Å². The minimum Gasteiger partial charge on any atom is -0.299 e. The van der Waals surface area contributed by atoms with Crippen molar-refractivity contribution in [2.45, 2.75) is 25.7 Å². The Morgan fingerprint density at radius 1 is 0.724 bits per heavy atom. The number of ketones is 2. The van der Waals surface area contributed by atoms with Gasteiger partial charge in [0.25, 0.3) is 0 Å². The fourth-order valence-electron chi connectivity index (χ4n) is 3.75. The Labute approximate surface area is 171 Å². The summed E-state index contributed by atoms with van der Waals surface area (Å²) in [5, 5.41) is 0. The largest absolute Gasteiger partial charge is 0.299 e. The van der Waals surface area contributed by atoms with Crippen LogP contribution < -0.4 is 0 Å². The Morgan fingerprint density at radius 3 is 2.14 bits per heavy atom. The van der Waals surface area contributed by atoms with Crippen molar-refractivity contribution in [1.82, 2.24) is 0 Å². The first-order valence-electron chi connectivity index (χ1n) is 9.98. The highest BCUT2D eigenvalue weighted by Gasteiger charge is 2.17. The van der Waals surface area contributed by atoms with E-state index in [0.29, 0.717) is 18.4 Å². The zero-order chi connectivity index (χ0) is 20.1. The number of hydrogen-bond acceptors (Lipinski definition) is 3. The van der Waals surface area contributed by atoms with Gasteiger partial charge in [0, 0.05) is 24.1 Å². The van der Waals surface area contributed by atoms with Crippen LogP contribution in [0, 0.1) is 0 Å². The number of aryl methyl sites for hydroxylation is 1. The molecule has 4 rings (SSSR count). The molecule has 0 N–H and O–H groups in total. The monoisotopic (exact) mass is 381 g/mol. The molecule has 144 valence electrons. The summed E-state index contributed by atoms with van der Waals surface area (Å²) < 4.78 is 0. The zero-order valence-electron chi connectivity index (χ0n) is 16.3. The minimum atomic E-state index is 0.00374. The van der Waals surface area contributed by atoms with Crippen molar-refractivity contribution in [3.8, 4) is 0 Å². The van der Waals surface area contributed by atoms with E-state index in [9.17, 15) is 9.59 Å². The van der Waals surface area contributed by atoms with E-state index < -0.39 is 0 Å². The molecule has 0 amide bonds. The van der Waals surface area contributed by atoms with Gasteiger partial charge in [-0.2, -0.15) is 0 Å². The summed E-state index contributed by atoms with van der Waals surface area (Å²) in [7, 11) is 0. The lowest BCUT2D eigenvalue weighted by Gasteiger charge is -2.04. The SMILES string of the molecule is O=C(Cc1ccccc1)Cc1ccc(C(=O)CN=C2CCc3ccccc32)cc1. The number of Topliss-reactive ketones (excluding diaryl/α,β-unsaturated/α-hetero) is 2. The molecule has 0 saturated heterocycles. The minimum absolute atomic E-state index is 0.00374. The van der Waals surface area contributed by atoms with E-state index in [-0.39, 0.29) is 18.1 Å². The molecule has 1 aliphatic carbocycles. The van der Waals surface area contributed by atoms with Crippen molar-refractivity contribution in [1.29, 1.82) is 0 Å². The predicted molar refractivity (Wildman–Crippen MR) is 116 cm³/mol. The van der Waals surface area contributed by atoms with Crippen molar-refractivity contribution in [2.24, 2.45) is 4.99 Å². The first-order valence-corrected chi connectivity index (χ1v) is 9.98. The molecule has 0 aromatic heterocycles. The van der Waals surface area contributed by atoms with Gasteiger partial charge in [-0.25, -0.2) is 0 Å². The van der Waals surface area contributed by atoms with Crippen molar-refractivity contribution in [3.63, 3.8) is 0 Å². The third-order valence-corrected chi connectivity index (χ3v) is 5.29. The van der Waals surface area contributed by atoms with Crippen LogP contribution in [0.3, 0.4) is 0 Å². The van der Waals surface area contributed by atoms with Gasteiger partial charge in [-0.15, -0.1) is 0 Å². The number of carbonyl (C=O) groups is 2. The van der Waals surface area contributed by atoms with Gasteiger partial charge in [0.1, 0.15) is 12.3 Å². The molecule has 0 atom stereocenters. The van der Waals surface area contributed by atoms with Crippen LogP contribution in [0.4, 0.5) is 0 Å². The number of benzene rings is 3. The van der Waals surface area contributed by atoms with Crippen LogP contribution in [-0.2, 0) is 24.1 Å². The summed E-state index contributed by atoms with van der Waals surface area (Å²) in [5.41, 5.74) is 6.10. The molecular weight excluding hydrogens is 358 g/mol. The van der Waals surface area contributed by atoms with Crippen LogP contribution in [0.1, 0.15) is 39.0 Å². The summed E-state index contributed by atoms with van der Waals surface area (Å²) in [6.45, 7) is 0.163. The molecule has 0 unspecified atom stereocenters. The molecule has 0 bridgehead atoms. The van der Waals surface area contributed by atoms with Gasteiger partial charge < -0.3 is 0 Å². The molecule has 0 radical (unpaired) electrons. The van der Waals surface area contributed by atoms with E-state index >= 15 is 0 Å². The van der Waals surface area contributed by atoms with Gasteiger partial charge in [0.15, 0.2) is 5.78 Å². The van der Waals surface area contributed by atoms with E-state index in [4.69, 9.17) is 0 Å². The van der Waals surface area contributed by atoms with Gasteiger partial charge >= 0.3 is 0 Å². The lowest BCUT2D eigenvalue weighted by atomic mass is 10.0. The molecule has 29 heavy (non-hydrogen) atoms. The Balaban J connectivity index is 1.35. The average Bonchev–Trinajstić information content (AvgIpc) is 3.16. The van der Waals surface area contributed by atoms with Crippen LogP contribution in [0.2, 0.25) is 0 Å². The molecule has 0 fully saturated rings. The van der Waals surface area contributed by atoms with Crippen molar-refractivity contribution < 1.29 is 9.59 Å². The molecule has 1 aliphatic rings. The van der Waals surface area contributed by atoms with E-state index in [2.05, 4.69) is 17.1 Å². The normalized spacial score (nSPS) is 14.0. The summed E-state index contributed by atoms with van der Waals surface area (Å²) in [5.74, 6) is 0.172. The standard InChI is InChI=1S/C26H23NO2/c28-23(16-19-6-2-1-3-7-19)17-20-10-12-22(13-11-20)26(29)18-27-25-15-14-21-8-4-5-9-24(21)25/h1-13H,14-18H2. The molecule has 0 saturated carbocycles. The first kappa shape index (κ1) is 19.0. The van der Waals surface area contributed by atoms with Gasteiger partial charge in [-0.1, -0.05) is 78.9 Å². The number of nitrogens with zero attached hydrogens (tertiary/aromatic N) is 1. The summed E-state index contributed by atoms with van der Waals surface area (Å²) in [6.07, 6.45) is 2.70. The van der Waals surface area contributed by atoms with Crippen LogP contribution in [-0.4, -0.2) is 23.8 Å². The number of carbonyl (C=O) groups excluding carboxylic acids is 2. The third-order valence-electron chi connectivity index (χ3n) is 5.29. The number of fused-ring (bicyclic) bond motifs is 1. The number of rotatable bonds is 7. The zero-order valence-corrected chi connectivity index (χ0v) is 16.3.